The van der Waals surface area contributed by atoms with E-state index >= 15 is 0 Å². The van der Waals surface area contributed by atoms with E-state index in [2.05, 4.69) is 20.4 Å². The summed E-state index contributed by atoms with van der Waals surface area (Å²) in [5, 5.41) is 13.6. The number of alkyl halides is 2. The Morgan fingerprint density at radius 2 is 2.10 bits per heavy atom. The molecule has 0 saturated heterocycles. The van der Waals surface area contributed by atoms with Crippen LogP contribution < -0.4 is 10.6 Å². The Kier molecular flexibility index (Phi) is 7.02. The number of aromatic carboxylic acids is 1. The number of hydrogen-bond acceptors (Lipinski definition) is 4. The summed E-state index contributed by atoms with van der Waals surface area (Å²) in [6.07, 6.45) is -1.18. The van der Waals surface area contributed by atoms with Crippen LogP contribution in [0.5, 0.6) is 0 Å². The summed E-state index contributed by atoms with van der Waals surface area (Å²) < 4.78 is 28.1. The second kappa shape index (κ2) is 8.80. The van der Waals surface area contributed by atoms with Crippen LogP contribution in [-0.4, -0.2) is 48.3 Å². The average molecular weight is 303 g/mol. The molecular weight excluding hydrogens is 288 g/mol. The van der Waals surface area contributed by atoms with Gasteiger partial charge in [-0.15, -0.1) is 0 Å². The fraction of sp³-hybridized carbons (Fsp3) is 0.417. The lowest BCUT2D eigenvalue weighted by Crippen LogP contribution is -2.37. The van der Waals surface area contributed by atoms with Gasteiger partial charge in [-0.1, -0.05) is 6.07 Å². The van der Waals surface area contributed by atoms with Gasteiger partial charge < -0.3 is 20.5 Å². The topological polar surface area (TPSA) is 101 Å². The molecule has 0 spiro atoms. The number of rotatable bonds is 8. The van der Waals surface area contributed by atoms with Gasteiger partial charge in [0.25, 0.3) is 6.43 Å². The van der Waals surface area contributed by atoms with Gasteiger partial charge in [0.15, 0.2) is 0 Å². The van der Waals surface area contributed by atoms with E-state index in [9.17, 15) is 18.4 Å². The minimum atomic E-state index is -2.53. The fourth-order valence-electron chi connectivity index (χ4n) is 1.31. The number of carboxylic acids is 1. The Morgan fingerprint density at radius 3 is 2.67 bits per heavy atom. The third-order valence-corrected chi connectivity index (χ3v) is 2.27. The lowest BCUT2D eigenvalue weighted by atomic mass is 10.2. The van der Waals surface area contributed by atoms with E-state index in [1.165, 1.54) is 18.3 Å². The molecule has 0 radical (unpaired) electrons. The van der Waals surface area contributed by atoms with Crippen LogP contribution >= 0.6 is 0 Å². The first-order chi connectivity index (χ1) is 9.99. The smallest absolute Gasteiger partial charge is 0.354 e. The summed E-state index contributed by atoms with van der Waals surface area (Å²) in [4.78, 5) is 25.6. The summed E-state index contributed by atoms with van der Waals surface area (Å²) in [7, 11) is 0. The van der Waals surface area contributed by atoms with Crippen LogP contribution in [0.25, 0.3) is 0 Å². The summed E-state index contributed by atoms with van der Waals surface area (Å²) >= 11 is 0. The van der Waals surface area contributed by atoms with Gasteiger partial charge in [0.2, 0.25) is 0 Å². The molecule has 1 heterocycles. The number of hydrogen-bond donors (Lipinski definition) is 3. The van der Waals surface area contributed by atoms with E-state index in [0.29, 0.717) is 5.56 Å². The minimum absolute atomic E-state index is 0.00732. The fourth-order valence-corrected chi connectivity index (χ4v) is 1.31. The SMILES string of the molecule is O=C(NCCOCC(F)F)NCc1ccc(C(=O)O)nc1. The van der Waals surface area contributed by atoms with Crippen LogP contribution in [0, 0.1) is 0 Å². The van der Waals surface area contributed by atoms with Gasteiger partial charge in [0, 0.05) is 19.3 Å². The minimum Gasteiger partial charge on any atom is -0.477 e. The molecule has 1 aromatic heterocycles. The van der Waals surface area contributed by atoms with Gasteiger partial charge in [-0.25, -0.2) is 23.4 Å². The molecule has 3 N–H and O–H groups in total. The van der Waals surface area contributed by atoms with Crippen molar-refractivity contribution < 1.29 is 28.2 Å². The predicted molar refractivity (Wildman–Crippen MR) is 68.3 cm³/mol. The predicted octanol–water partition coefficient (Wildman–Crippen LogP) is 0.861. The lowest BCUT2D eigenvalue weighted by molar-refractivity contribution is 0.0193. The number of carbonyl (C=O) groups excluding carboxylic acids is 1. The van der Waals surface area contributed by atoms with Crippen molar-refractivity contribution in [1.82, 2.24) is 15.6 Å². The van der Waals surface area contributed by atoms with E-state index in [0.717, 1.165) is 0 Å². The highest BCUT2D eigenvalue weighted by Gasteiger charge is 2.05. The van der Waals surface area contributed by atoms with Crippen LogP contribution in [0.15, 0.2) is 18.3 Å². The molecule has 21 heavy (non-hydrogen) atoms. The Morgan fingerprint density at radius 1 is 1.33 bits per heavy atom. The van der Waals surface area contributed by atoms with E-state index in [1.807, 2.05) is 0 Å². The van der Waals surface area contributed by atoms with Gasteiger partial charge in [-0.3, -0.25) is 0 Å². The molecule has 0 bridgehead atoms. The number of pyridine rings is 1. The first-order valence-corrected chi connectivity index (χ1v) is 6.05. The van der Waals surface area contributed by atoms with Gasteiger partial charge in [0.05, 0.1) is 6.61 Å². The average Bonchev–Trinajstić information content (AvgIpc) is 2.44. The Balaban J connectivity index is 2.19. The molecule has 1 aromatic rings. The van der Waals surface area contributed by atoms with Crippen LogP contribution in [-0.2, 0) is 11.3 Å². The molecule has 0 unspecified atom stereocenters. The normalized spacial score (nSPS) is 10.4. The Bertz CT molecular complexity index is 468. The largest absolute Gasteiger partial charge is 0.477 e. The molecule has 0 atom stereocenters. The van der Waals surface area contributed by atoms with Gasteiger partial charge in [0.1, 0.15) is 12.3 Å². The van der Waals surface area contributed by atoms with Crippen molar-refractivity contribution in [3.05, 3.63) is 29.6 Å². The van der Waals surface area contributed by atoms with Crippen molar-refractivity contribution in [2.45, 2.75) is 13.0 Å². The third-order valence-electron chi connectivity index (χ3n) is 2.27. The summed E-state index contributed by atoms with van der Waals surface area (Å²) in [6.45, 7) is -0.400. The molecular formula is C12H15F2N3O4. The zero-order chi connectivity index (χ0) is 15.7. The number of carbonyl (C=O) groups is 2. The Labute approximate surface area is 119 Å². The summed E-state index contributed by atoms with van der Waals surface area (Å²) in [5.41, 5.74) is 0.545. The number of halogens is 2. The van der Waals surface area contributed by atoms with Crippen molar-refractivity contribution in [2.24, 2.45) is 0 Å². The second-order valence-electron chi connectivity index (χ2n) is 3.93. The first kappa shape index (κ1) is 16.8. The number of nitrogens with one attached hydrogen (secondary N) is 2. The maximum absolute atomic E-state index is 11.7. The van der Waals surface area contributed by atoms with Crippen molar-refractivity contribution in [2.75, 3.05) is 19.8 Å². The van der Waals surface area contributed by atoms with E-state index in [-0.39, 0.29) is 25.4 Å². The molecule has 116 valence electrons. The quantitative estimate of drug-likeness (QED) is 0.618. The number of nitrogens with zero attached hydrogens (tertiary/aromatic N) is 1. The lowest BCUT2D eigenvalue weighted by Gasteiger charge is -2.08. The van der Waals surface area contributed by atoms with Crippen LogP contribution in [0.4, 0.5) is 13.6 Å². The zero-order valence-corrected chi connectivity index (χ0v) is 11.0. The van der Waals surface area contributed by atoms with Gasteiger partial charge >= 0.3 is 12.0 Å². The summed E-state index contributed by atoms with van der Waals surface area (Å²) in [5.74, 6) is -1.13. The highest BCUT2D eigenvalue weighted by molar-refractivity contribution is 5.85. The zero-order valence-electron chi connectivity index (χ0n) is 11.0. The van der Waals surface area contributed by atoms with Crippen molar-refractivity contribution >= 4 is 12.0 Å². The van der Waals surface area contributed by atoms with Crippen molar-refractivity contribution in [1.29, 1.82) is 0 Å². The van der Waals surface area contributed by atoms with E-state index in [1.54, 1.807) is 0 Å². The second-order valence-corrected chi connectivity index (χ2v) is 3.93. The molecule has 0 aromatic carbocycles. The number of carboxylic acid groups (broad SMARTS) is 1. The monoisotopic (exact) mass is 303 g/mol. The van der Waals surface area contributed by atoms with E-state index in [4.69, 9.17) is 5.11 Å². The maximum Gasteiger partial charge on any atom is 0.354 e. The molecule has 0 aliphatic rings. The number of amides is 2. The molecule has 0 aliphatic heterocycles. The van der Waals surface area contributed by atoms with Gasteiger partial charge in [-0.2, -0.15) is 0 Å². The first-order valence-electron chi connectivity index (χ1n) is 6.05. The van der Waals surface area contributed by atoms with Crippen LogP contribution in [0.3, 0.4) is 0 Å². The third kappa shape index (κ3) is 7.16. The van der Waals surface area contributed by atoms with Crippen LogP contribution in [0.2, 0.25) is 0 Å². The van der Waals surface area contributed by atoms with E-state index < -0.39 is 25.0 Å². The molecule has 0 fully saturated rings. The molecule has 7 nitrogen and oxygen atoms in total. The van der Waals surface area contributed by atoms with Crippen molar-refractivity contribution in [3.8, 4) is 0 Å². The molecule has 2 amide bonds. The highest BCUT2D eigenvalue weighted by atomic mass is 19.3. The maximum atomic E-state index is 11.7. The number of aromatic nitrogens is 1. The number of ether oxygens (including phenoxy) is 1. The highest BCUT2D eigenvalue weighted by Crippen LogP contribution is 2.00. The van der Waals surface area contributed by atoms with Crippen molar-refractivity contribution in [3.63, 3.8) is 0 Å². The molecule has 9 heteroatoms. The number of urea groups is 1. The van der Waals surface area contributed by atoms with Gasteiger partial charge in [-0.05, 0) is 11.6 Å². The summed E-state index contributed by atoms with van der Waals surface area (Å²) in [6, 6.07) is 2.37. The Hall–Kier alpha value is -2.29. The standard InChI is InChI=1S/C12H15F2N3O4/c13-10(14)7-21-4-3-15-12(20)17-6-8-1-2-9(11(18)19)16-5-8/h1-2,5,10H,3-4,6-7H2,(H,18,19)(H2,15,17,20). The van der Waals surface area contributed by atoms with Crippen LogP contribution in [0.1, 0.15) is 16.1 Å². The molecule has 0 aliphatic carbocycles. The molecule has 1 rings (SSSR count). The molecule has 0 saturated carbocycles.